The van der Waals surface area contributed by atoms with Crippen LogP contribution in [0.1, 0.15) is 31.4 Å². The van der Waals surface area contributed by atoms with Crippen molar-refractivity contribution < 1.29 is 14.3 Å². The summed E-state index contributed by atoms with van der Waals surface area (Å²) in [6, 6.07) is 8.62. The first kappa shape index (κ1) is 15.5. The van der Waals surface area contributed by atoms with E-state index in [-0.39, 0.29) is 17.8 Å². The van der Waals surface area contributed by atoms with Gasteiger partial charge in [-0.1, -0.05) is 30.3 Å². The van der Waals surface area contributed by atoms with Gasteiger partial charge < -0.3 is 15.4 Å². The SMILES string of the molecule is CCOC(=O)C1CCCN(C(=O)[C@H](N)c2ccccc2)C1. The number of amides is 1. The number of esters is 1. The molecule has 2 atom stereocenters. The smallest absolute Gasteiger partial charge is 0.310 e. The van der Waals surface area contributed by atoms with Gasteiger partial charge in [-0.05, 0) is 25.3 Å². The Morgan fingerprint density at radius 2 is 2.10 bits per heavy atom. The van der Waals surface area contributed by atoms with Crippen LogP contribution >= 0.6 is 0 Å². The van der Waals surface area contributed by atoms with Gasteiger partial charge in [0.2, 0.25) is 5.91 Å². The first-order valence-electron chi connectivity index (χ1n) is 7.39. The molecule has 114 valence electrons. The Bertz CT molecular complexity index is 490. The molecule has 1 unspecified atom stereocenters. The van der Waals surface area contributed by atoms with Gasteiger partial charge in [0.05, 0.1) is 12.5 Å². The highest BCUT2D eigenvalue weighted by molar-refractivity contribution is 5.84. The van der Waals surface area contributed by atoms with Gasteiger partial charge in [0.1, 0.15) is 6.04 Å². The average Bonchev–Trinajstić information content (AvgIpc) is 2.54. The molecule has 1 aliphatic rings. The molecule has 2 rings (SSSR count). The van der Waals surface area contributed by atoms with Crippen molar-refractivity contribution in [1.29, 1.82) is 0 Å². The zero-order valence-electron chi connectivity index (χ0n) is 12.3. The Balaban J connectivity index is 2.00. The second kappa shape index (κ2) is 7.22. The molecule has 5 nitrogen and oxygen atoms in total. The van der Waals surface area contributed by atoms with Crippen LogP contribution in [0.4, 0.5) is 0 Å². The zero-order chi connectivity index (χ0) is 15.2. The normalized spacial score (nSPS) is 19.9. The minimum Gasteiger partial charge on any atom is -0.466 e. The average molecular weight is 290 g/mol. The van der Waals surface area contributed by atoms with Crippen LogP contribution in [0.25, 0.3) is 0 Å². The number of likely N-dealkylation sites (tertiary alicyclic amines) is 1. The quantitative estimate of drug-likeness (QED) is 0.853. The number of piperidine rings is 1. The number of benzene rings is 1. The van der Waals surface area contributed by atoms with E-state index >= 15 is 0 Å². The summed E-state index contributed by atoms with van der Waals surface area (Å²) in [7, 11) is 0. The molecule has 1 aliphatic heterocycles. The van der Waals surface area contributed by atoms with Crippen LogP contribution in [0.3, 0.4) is 0 Å². The lowest BCUT2D eigenvalue weighted by molar-refractivity contribution is -0.151. The van der Waals surface area contributed by atoms with Crippen molar-refractivity contribution in [2.24, 2.45) is 11.7 Å². The van der Waals surface area contributed by atoms with E-state index in [1.807, 2.05) is 30.3 Å². The Labute approximate surface area is 125 Å². The van der Waals surface area contributed by atoms with Crippen LogP contribution < -0.4 is 5.73 Å². The van der Waals surface area contributed by atoms with E-state index in [4.69, 9.17) is 10.5 Å². The van der Waals surface area contributed by atoms with Gasteiger partial charge in [-0.15, -0.1) is 0 Å². The van der Waals surface area contributed by atoms with Gasteiger partial charge in [-0.2, -0.15) is 0 Å². The van der Waals surface area contributed by atoms with E-state index in [9.17, 15) is 9.59 Å². The molecule has 0 radical (unpaired) electrons. The van der Waals surface area contributed by atoms with Crippen molar-refractivity contribution >= 4 is 11.9 Å². The summed E-state index contributed by atoms with van der Waals surface area (Å²) in [6.45, 7) is 3.20. The third-order valence-corrected chi connectivity index (χ3v) is 3.78. The first-order valence-corrected chi connectivity index (χ1v) is 7.39. The number of rotatable bonds is 4. The van der Waals surface area contributed by atoms with Gasteiger partial charge in [0, 0.05) is 13.1 Å². The molecule has 2 N–H and O–H groups in total. The topological polar surface area (TPSA) is 72.6 Å². The molecule has 1 saturated heterocycles. The molecule has 0 spiro atoms. The van der Waals surface area contributed by atoms with Crippen LogP contribution in [-0.4, -0.2) is 36.5 Å². The lowest BCUT2D eigenvalue weighted by atomic mass is 9.96. The molecule has 0 saturated carbocycles. The van der Waals surface area contributed by atoms with E-state index < -0.39 is 6.04 Å². The number of hydrogen-bond donors (Lipinski definition) is 1. The molecule has 1 amide bonds. The van der Waals surface area contributed by atoms with Gasteiger partial charge in [0.15, 0.2) is 0 Å². The number of carbonyl (C=O) groups is 2. The second-order valence-corrected chi connectivity index (χ2v) is 5.26. The highest BCUT2D eigenvalue weighted by Crippen LogP contribution is 2.21. The maximum absolute atomic E-state index is 12.5. The number of ether oxygens (including phenoxy) is 1. The third-order valence-electron chi connectivity index (χ3n) is 3.78. The number of carbonyl (C=O) groups excluding carboxylic acids is 2. The van der Waals surface area contributed by atoms with E-state index in [0.29, 0.717) is 19.7 Å². The van der Waals surface area contributed by atoms with E-state index in [1.54, 1.807) is 11.8 Å². The summed E-state index contributed by atoms with van der Waals surface area (Å²) >= 11 is 0. The maximum atomic E-state index is 12.5. The highest BCUT2D eigenvalue weighted by Gasteiger charge is 2.31. The van der Waals surface area contributed by atoms with Crippen LogP contribution in [-0.2, 0) is 14.3 Å². The predicted octanol–water partition coefficient (Wildman–Crippen LogP) is 1.49. The monoisotopic (exact) mass is 290 g/mol. The Hall–Kier alpha value is -1.88. The molecule has 1 fully saturated rings. The summed E-state index contributed by atoms with van der Waals surface area (Å²) in [5.41, 5.74) is 6.83. The largest absolute Gasteiger partial charge is 0.466 e. The zero-order valence-corrected chi connectivity index (χ0v) is 12.3. The molecule has 1 aromatic rings. The molecular weight excluding hydrogens is 268 g/mol. The fourth-order valence-electron chi connectivity index (χ4n) is 2.63. The molecule has 0 aromatic heterocycles. The van der Waals surface area contributed by atoms with Crippen molar-refractivity contribution in [3.8, 4) is 0 Å². The van der Waals surface area contributed by atoms with Crippen LogP contribution in [0.15, 0.2) is 30.3 Å². The Morgan fingerprint density at radius 1 is 1.38 bits per heavy atom. The molecule has 0 bridgehead atoms. The third kappa shape index (κ3) is 3.82. The van der Waals surface area contributed by atoms with Crippen molar-refractivity contribution in [3.63, 3.8) is 0 Å². The van der Waals surface area contributed by atoms with Gasteiger partial charge >= 0.3 is 5.97 Å². The molecule has 1 aromatic carbocycles. The molecule has 5 heteroatoms. The van der Waals surface area contributed by atoms with Crippen molar-refractivity contribution in [2.45, 2.75) is 25.8 Å². The minimum absolute atomic E-state index is 0.129. The maximum Gasteiger partial charge on any atom is 0.310 e. The summed E-state index contributed by atoms with van der Waals surface area (Å²) in [4.78, 5) is 26.0. The molecular formula is C16H22N2O3. The standard InChI is InChI=1S/C16H22N2O3/c1-2-21-16(20)13-9-6-10-18(11-13)15(19)14(17)12-7-4-3-5-8-12/h3-5,7-8,13-14H,2,6,9-11,17H2,1H3/t13?,14-/m1/s1. The highest BCUT2D eigenvalue weighted by atomic mass is 16.5. The fourth-order valence-corrected chi connectivity index (χ4v) is 2.63. The minimum atomic E-state index is -0.674. The van der Waals surface area contributed by atoms with Crippen molar-refractivity contribution in [1.82, 2.24) is 4.90 Å². The second-order valence-electron chi connectivity index (χ2n) is 5.26. The number of nitrogens with two attached hydrogens (primary N) is 1. The summed E-state index contributed by atoms with van der Waals surface area (Å²) in [6.07, 6.45) is 1.57. The van der Waals surface area contributed by atoms with Gasteiger partial charge in [-0.3, -0.25) is 9.59 Å². The van der Waals surface area contributed by atoms with E-state index in [1.165, 1.54) is 0 Å². The fraction of sp³-hybridized carbons (Fsp3) is 0.500. The van der Waals surface area contributed by atoms with Crippen LogP contribution in [0.5, 0.6) is 0 Å². The predicted molar refractivity (Wildman–Crippen MR) is 79.3 cm³/mol. The lowest BCUT2D eigenvalue weighted by Crippen LogP contribution is -2.46. The Morgan fingerprint density at radius 3 is 2.76 bits per heavy atom. The van der Waals surface area contributed by atoms with Crippen molar-refractivity contribution in [2.75, 3.05) is 19.7 Å². The van der Waals surface area contributed by atoms with Crippen LogP contribution in [0, 0.1) is 5.92 Å². The molecule has 21 heavy (non-hydrogen) atoms. The van der Waals surface area contributed by atoms with E-state index in [2.05, 4.69) is 0 Å². The lowest BCUT2D eigenvalue weighted by Gasteiger charge is -2.33. The van der Waals surface area contributed by atoms with Gasteiger partial charge in [-0.25, -0.2) is 0 Å². The van der Waals surface area contributed by atoms with Crippen molar-refractivity contribution in [3.05, 3.63) is 35.9 Å². The summed E-state index contributed by atoms with van der Waals surface area (Å²) in [5.74, 6) is -0.580. The number of hydrogen-bond acceptors (Lipinski definition) is 4. The molecule has 1 heterocycles. The molecule has 0 aliphatic carbocycles. The number of nitrogens with zero attached hydrogens (tertiary/aromatic N) is 1. The van der Waals surface area contributed by atoms with Gasteiger partial charge in [0.25, 0.3) is 0 Å². The first-order chi connectivity index (χ1) is 10.1. The summed E-state index contributed by atoms with van der Waals surface area (Å²) < 4.78 is 5.05. The summed E-state index contributed by atoms with van der Waals surface area (Å²) in [5, 5.41) is 0. The Kier molecular flexibility index (Phi) is 5.33. The van der Waals surface area contributed by atoms with E-state index in [0.717, 1.165) is 18.4 Å². The van der Waals surface area contributed by atoms with Crippen LogP contribution in [0.2, 0.25) is 0 Å².